The molecule has 0 heterocycles. The first-order chi connectivity index (χ1) is 5.25. The fourth-order valence-electron chi connectivity index (χ4n) is 0.695. The molecule has 0 atom stereocenters. The number of hydrogen-bond donors (Lipinski definition) is 2. The lowest BCUT2D eigenvalue weighted by molar-refractivity contribution is -0.183. The zero-order chi connectivity index (χ0) is 8.27. The molecule has 4 heteroatoms. The summed E-state index contributed by atoms with van der Waals surface area (Å²) < 4.78 is 0. The standard InChI is InChI=1S/C7H6O3S/c8-7(10-9)5-3-1-2-4-6(5)11/h1-4,9,11H. The van der Waals surface area contributed by atoms with Gasteiger partial charge in [0, 0.05) is 4.90 Å². The highest BCUT2D eigenvalue weighted by Crippen LogP contribution is 2.13. The van der Waals surface area contributed by atoms with Gasteiger partial charge in [-0.25, -0.2) is 4.79 Å². The first-order valence-electron chi connectivity index (χ1n) is 2.89. The van der Waals surface area contributed by atoms with Gasteiger partial charge in [-0.2, -0.15) is 5.26 Å². The van der Waals surface area contributed by atoms with Crippen LogP contribution in [0.5, 0.6) is 0 Å². The van der Waals surface area contributed by atoms with E-state index in [0.29, 0.717) is 4.90 Å². The van der Waals surface area contributed by atoms with Gasteiger partial charge in [-0.05, 0) is 12.1 Å². The van der Waals surface area contributed by atoms with E-state index in [0.717, 1.165) is 0 Å². The van der Waals surface area contributed by atoms with Crippen LogP contribution in [0.3, 0.4) is 0 Å². The average Bonchev–Trinajstić information content (AvgIpc) is 2.04. The van der Waals surface area contributed by atoms with Crippen LogP contribution in [0.1, 0.15) is 10.4 Å². The molecule has 1 aromatic rings. The van der Waals surface area contributed by atoms with Crippen LogP contribution in [0.15, 0.2) is 29.2 Å². The Kier molecular flexibility index (Phi) is 2.51. The van der Waals surface area contributed by atoms with E-state index >= 15 is 0 Å². The molecule has 11 heavy (non-hydrogen) atoms. The molecular weight excluding hydrogens is 164 g/mol. The minimum Gasteiger partial charge on any atom is -0.295 e. The van der Waals surface area contributed by atoms with Crippen LogP contribution in [0, 0.1) is 0 Å². The van der Waals surface area contributed by atoms with E-state index in [1.165, 1.54) is 6.07 Å². The van der Waals surface area contributed by atoms with E-state index in [2.05, 4.69) is 17.5 Å². The molecule has 1 rings (SSSR count). The van der Waals surface area contributed by atoms with Crippen LogP contribution in [0.2, 0.25) is 0 Å². The van der Waals surface area contributed by atoms with Crippen LogP contribution in [-0.2, 0) is 4.89 Å². The summed E-state index contributed by atoms with van der Waals surface area (Å²) in [5, 5.41) is 8.03. The summed E-state index contributed by atoms with van der Waals surface area (Å²) >= 11 is 3.98. The average molecular weight is 170 g/mol. The zero-order valence-corrected chi connectivity index (χ0v) is 6.41. The molecule has 0 unspecified atom stereocenters. The van der Waals surface area contributed by atoms with Gasteiger partial charge in [0.25, 0.3) is 0 Å². The first kappa shape index (κ1) is 8.10. The Morgan fingerprint density at radius 1 is 1.45 bits per heavy atom. The Morgan fingerprint density at radius 3 is 2.64 bits per heavy atom. The molecular formula is C7H6O3S. The molecule has 1 aromatic carbocycles. The molecule has 0 saturated carbocycles. The second-order valence-electron chi connectivity index (χ2n) is 1.90. The third-order valence-electron chi connectivity index (χ3n) is 1.21. The summed E-state index contributed by atoms with van der Waals surface area (Å²) in [6.45, 7) is 0. The number of thiol groups is 1. The van der Waals surface area contributed by atoms with Gasteiger partial charge in [0.15, 0.2) is 0 Å². The van der Waals surface area contributed by atoms with Gasteiger partial charge in [-0.1, -0.05) is 12.1 Å². The lowest BCUT2D eigenvalue weighted by Gasteiger charge is -1.98. The summed E-state index contributed by atoms with van der Waals surface area (Å²) in [5.41, 5.74) is 0.248. The normalized spacial score (nSPS) is 9.27. The van der Waals surface area contributed by atoms with Crippen molar-refractivity contribution in [2.45, 2.75) is 4.90 Å². The molecule has 0 amide bonds. The molecule has 0 aliphatic rings. The van der Waals surface area contributed by atoms with Crippen LogP contribution < -0.4 is 0 Å². The van der Waals surface area contributed by atoms with Gasteiger partial charge >= 0.3 is 5.97 Å². The lowest BCUT2D eigenvalue weighted by atomic mass is 10.2. The highest BCUT2D eigenvalue weighted by atomic mass is 32.1. The van der Waals surface area contributed by atoms with Crippen molar-refractivity contribution in [3.8, 4) is 0 Å². The largest absolute Gasteiger partial charge is 0.373 e. The Bertz CT molecular complexity index is 272. The molecule has 0 aliphatic heterocycles. The molecule has 0 spiro atoms. The van der Waals surface area contributed by atoms with E-state index in [-0.39, 0.29) is 5.56 Å². The van der Waals surface area contributed by atoms with Crippen molar-refractivity contribution < 1.29 is 14.9 Å². The molecule has 0 radical (unpaired) electrons. The summed E-state index contributed by atoms with van der Waals surface area (Å²) in [7, 11) is 0. The third kappa shape index (κ3) is 1.72. The number of carbonyl (C=O) groups is 1. The quantitative estimate of drug-likeness (QED) is 0.382. The Labute approximate surface area is 69.0 Å². The smallest absolute Gasteiger partial charge is 0.295 e. The predicted molar refractivity (Wildman–Crippen MR) is 41.7 cm³/mol. The van der Waals surface area contributed by atoms with Crippen LogP contribution in [-0.4, -0.2) is 11.2 Å². The summed E-state index contributed by atoms with van der Waals surface area (Å²) in [6, 6.07) is 6.54. The van der Waals surface area contributed by atoms with Crippen molar-refractivity contribution in [1.82, 2.24) is 0 Å². The number of carbonyl (C=O) groups excluding carboxylic acids is 1. The molecule has 58 valence electrons. The van der Waals surface area contributed by atoms with E-state index < -0.39 is 5.97 Å². The number of benzene rings is 1. The van der Waals surface area contributed by atoms with Crippen LogP contribution in [0.4, 0.5) is 0 Å². The van der Waals surface area contributed by atoms with Gasteiger partial charge in [0.05, 0.1) is 5.56 Å². The van der Waals surface area contributed by atoms with Crippen molar-refractivity contribution in [1.29, 1.82) is 0 Å². The second kappa shape index (κ2) is 3.41. The fraction of sp³-hybridized carbons (Fsp3) is 0. The Balaban J connectivity index is 3.03. The van der Waals surface area contributed by atoms with Gasteiger partial charge in [0.1, 0.15) is 0 Å². The van der Waals surface area contributed by atoms with Crippen molar-refractivity contribution >= 4 is 18.6 Å². The summed E-state index contributed by atoms with van der Waals surface area (Å²) in [4.78, 5) is 14.7. The fourth-order valence-corrected chi connectivity index (χ4v) is 0.947. The SMILES string of the molecule is O=C(OO)c1ccccc1S. The zero-order valence-electron chi connectivity index (χ0n) is 5.52. The molecule has 0 bridgehead atoms. The number of rotatable bonds is 1. The lowest BCUT2D eigenvalue weighted by Crippen LogP contribution is -2.01. The highest BCUT2D eigenvalue weighted by Gasteiger charge is 2.08. The molecule has 3 nitrogen and oxygen atoms in total. The second-order valence-corrected chi connectivity index (χ2v) is 2.38. The molecule has 0 fully saturated rings. The van der Waals surface area contributed by atoms with Crippen molar-refractivity contribution in [2.24, 2.45) is 0 Å². The topological polar surface area (TPSA) is 46.5 Å². The van der Waals surface area contributed by atoms with Crippen molar-refractivity contribution in [3.63, 3.8) is 0 Å². The third-order valence-corrected chi connectivity index (χ3v) is 1.60. The number of hydrogen-bond acceptors (Lipinski definition) is 4. The molecule has 0 aliphatic carbocycles. The van der Waals surface area contributed by atoms with Crippen molar-refractivity contribution in [2.75, 3.05) is 0 Å². The Hall–Kier alpha value is -1.00. The Morgan fingerprint density at radius 2 is 2.09 bits per heavy atom. The summed E-state index contributed by atoms with van der Waals surface area (Å²) in [6.07, 6.45) is 0. The highest BCUT2D eigenvalue weighted by molar-refractivity contribution is 7.80. The molecule has 1 N–H and O–H groups in total. The van der Waals surface area contributed by atoms with E-state index in [1.54, 1.807) is 18.2 Å². The maximum Gasteiger partial charge on any atom is 0.373 e. The monoisotopic (exact) mass is 170 g/mol. The minimum absolute atomic E-state index is 0.248. The molecule has 0 aromatic heterocycles. The first-order valence-corrected chi connectivity index (χ1v) is 3.34. The van der Waals surface area contributed by atoms with E-state index in [1.807, 2.05) is 0 Å². The van der Waals surface area contributed by atoms with Gasteiger partial charge in [-0.15, -0.1) is 12.6 Å². The predicted octanol–water partition coefficient (Wildman–Crippen LogP) is 1.61. The van der Waals surface area contributed by atoms with E-state index in [9.17, 15) is 4.79 Å². The van der Waals surface area contributed by atoms with Crippen LogP contribution >= 0.6 is 12.6 Å². The summed E-state index contributed by atoms with van der Waals surface area (Å²) in [5.74, 6) is -0.796. The maximum absolute atomic E-state index is 10.7. The van der Waals surface area contributed by atoms with Crippen LogP contribution in [0.25, 0.3) is 0 Å². The molecule has 0 saturated heterocycles. The maximum atomic E-state index is 10.7. The minimum atomic E-state index is -0.796. The van der Waals surface area contributed by atoms with Crippen molar-refractivity contribution in [3.05, 3.63) is 29.8 Å². The van der Waals surface area contributed by atoms with Gasteiger partial charge in [-0.3, -0.25) is 4.89 Å². The van der Waals surface area contributed by atoms with E-state index in [4.69, 9.17) is 5.26 Å². The van der Waals surface area contributed by atoms with Gasteiger partial charge < -0.3 is 0 Å². The van der Waals surface area contributed by atoms with Gasteiger partial charge in [0.2, 0.25) is 0 Å².